The number of nitrogens with zero attached hydrogens (tertiary/aromatic N) is 6. The van der Waals surface area contributed by atoms with Crippen LogP contribution in [0, 0.1) is 0 Å². The Kier molecular flexibility index (Phi) is 5.28. The van der Waals surface area contributed by atoms with Gasteiger partial charge in [0.15, 0.2) is 0 Å². The molecule has 2 aromatic rings. The first kappa shape index (κ1) is 17.3. The Labute approximate surface area is 147 Å². The third-order valence-corrected chi connectivity index (χ3v) is 4.77. The van der Waals surface area contributed by atoms with E-state index in [1.807, 2.05) is 19.9 Å². The first-order valence-corrected chi connectivity index (χ1v) is 8.59. The van der Waals surface area contributed by atoms with E-state index in [4.69, 9.17) is 0 Å². The summed E-state index contributed by atoms with van der Waals surface area (Å²) in [6.07, 6.45) is 4.86. The lowest BCUT2D eigenvalue weighted by molar-refractivity contribution is 0.0928. The van der Waals surface area contributed by atoms with Crippen molar-refractivity contribution in [1.29, 1.82) is 0 Å². The second kappa shape index (κ2) is 7.60. The highest BCUT2D eigenvalue weighted by atomic mass is 16.1. The predicted octanol–water partition coefficient (Wildman–Crippen LogP) is 0.804. The van der Waals surface area contributed by atoms with E-state index in [9.17, 15) is 4.79 Å². The number of anilines is 1. The molecule has 1 amide bonds. The van der Waals surface area contributed by atoms with Gasteiger partial charge in [0.05, 0.1) is 6.04 Å². The van der Waals surface area contributed by atoms with E-state index >= 15 is 0 Å². The fourth-order valence-corrected chi connectivity index (χ4v) is 2.84. The standard InChI is InChI=1S/C17H25N7O/c1-13(14(2)24-12-18-11-20-24)21-17(25)15-4-5-19-16(10-15)23-8-6-22(3)7-9-23/h4-5,10-14H,6-9H2,1-3H3,(H,21,25)/t13-,14-/m0/s1. The van der Waals surface area contributed by atoms with Gasteiger partial charge in [-0.3, -0.25) is 4.79 Å². The lowest BCUT2D eigenvalue weighted by Gasteiger charge is -2.33. The molecule has 1 N–H and O–H groups in total. The minimum Gasteiger partial charge on any atom is -0.354 e. The number of aromatic nitrogens is 4. The van der Waals surface area contributed by atoms with Crippen LogP contribution in [0.25, 0.3) is 0 Å². The number of hydrogen-bond donors (Lipinski definition) is 1. The van der Waals surface area contributed by atoms with Crippen LogP contribution >= 0.6 is 0 Å². The van der Waals surface area contributed by atoms with E-state index in [-0.39, 0.29) is 18.0 Å². The number of carbonyl (C=O) groups is 1. The molecule has 0 unspecified atom stereocenters. The van der Waals surface area contributed by atoms with Crippen LogP contribution in [0.1, 0.15) is 30.2 Å². The molecule has 0 saturated carbocycles. The van der Waals surface area contributed by atoms with E-state index in [1.165, 1.54) is 6.33 Å². The normalized spacial score (nSPS) is 18.0. The molecule has 1 fully saturated rings. The molecule has 0 aromatic carbocycles. The van der Waals surface area contributed by atoms with Crippen LogP contribution in [0.2, 0.25) is 0 Å². The summed E-state index contributed by atoms with van der Waals surface area (Å²) in [5.74, 6) is 0.759. The summed E-state index contributed by atoms with van der Waals surface area (Å²) in [7, 11) is 2.12. The monoisotopic (exact) mass is 343 g/mol. The van der Waals surface area contributed by atoms with Crippen molar-refractivity contribution >= 4 is 11.7 Å². The minimum atomic E-state index is -0.0998. The van der Waals surface area contributed by atoms with Gasteiger partial charge in [0.2, 0.25) is 0 Å². The highest BCUT2D eigenvalue weighted by Gasteiger charge is 2.20. The van der Waals surface area contributed by atoms with Crippen LogP contribution in [0.4, 0.5) is 5.82 Å². The molecule has 0 aliphatic carbocycles. The van der Waals surface area contributed by atoms with Crippen molar-refractivity contribution in [3.05, 3.63) is 36.5 Å². The summed E-state index contributed by atoms with van der Waals surface area (Å²) in [5, 5.41) is 7.17. The highest BCUT2D eigenvalue weighted by Crippen LogP contribution is 2.16. The fraction of sp³-hybridized carbons (Fsp3) is 0.529. The number of amides is 1. The summed E-state index contributed by atoms with van der Waals surface area (Å²) in [4.78, 5) is 25.5. The third kappa shape index (κ3) is 4.14. The molecular formula is C17H25N7O. The molecule has 0 bridgehead atoms. The molecule has 134 valence electrons. The van der Waals surface area contributed by atoms with Crippen molar-refractivity contribution < 1.29 is 4.79 Å². The molecule has 0 radical (unpaired) electrons. The zero-order valence-corrected chi connectivity index (χ0v) is 15.0. The maximum atomic E-state index is 12.6. The summed E-state index contributed by atoms with van der Waals surface area (Å²) in [6.45, 7) is 7.83. The van der Waals surface area contributed by atoms with Crippen LogP contribution < -0.4 is 10.2 Å². The number of nitrogens with one attached hydrogen (secondary N) is 1. The Balaban J connectivity index is 1.65. The number of likely N-dealkylation sites (N-methyl/N-ethyl adjacent to an activating group) is 1. The van der Waals surface area contributed by atoms with Gasteiger partial charge in [-0.25, -0.2) is 14.6 Å². The van der Waals surface area contributed by atoms with Crippen molar-refractivity contribution in [2.45, 2.75) is 25.9 Å². The third-order valence-electron chi connectivity index (χ3n) is 4.77. The summed E-state index contributed by atoms with van der Waals surface area (Å²) in [6, 6.07) is 3.56. The van der Waals surface area contributed by atoms with Gasteiger partial charge in [0.1, 0.15) is 18.5 Å². The first-order valence-electron chi connectivity index (χ1n) is 8.59. The molecule has 2 aromatic heterocycles. The van der Waals surface area contributed by atoms with E-state index < -0.39 is 0 Å². The van der Waals surface area contributed by atoms with Gasteiger partial charge >= 0.3 is 0 Å². The number of rotatable bonds is 5. The Morgan fingerprint density at radius 1 is 1.24 bits per heavy atom. The van der Waals surface area contributed by atoms with Gasteiger partial charge in [-0.1, -0.05) is 0 Å². The molecule has 1 aliphatic heterocycles. The molecule has 3 heterocycles. The summed E-state index contributed by atoms with van der Waals surface area (Å²) < 4.78 is 1.74. The second-order valence-corrected chi connectivity index (χ2v) is 6.57. The Hall–Kier alpha value is -2.48. The van der Waals surface area contributed by atoms with Crippen LogP contribution in [0.5, 0.6) is 0 Å². The summed E-state index contributed by atoms with van der Waals surface area (Å²) >= 11 is 0. The van der Waals surface area contributed by atoms with Crippen LogP contribution in [0.15, 0.2) is 31.0 Å². The van der Waals surface area contributed by atoms with Crippen molar-refractivity contribution in [3.8, 4) is 0 Å². The van der Waals surface area contributed by atoms with E-state index in [0.717, 1.165) is 32.0 Å². The molecule has 8 nitrogen and oxygen atoms in total. The van der Waals surface area contributed by atoms with Crippen molar-refractivity contribution in [3.63, 3.8) is 0 Å². The molecule has 2 atom stereocenters. The number of hydrogen-bond acceptors (Lipinski definition) is 6. The number of carbonyl (C=O) groups excluding carboxylic acids is 1. The van der Waals surface area contributed by atoms with Gasteiger partial charge in [0, 0.05) is 44.0 Å². The highest BCUT2D eigenvalue weighted by molar-refractivity contribution is 5.95. The zero-order chi connectivity index (χ0) is 17.8. The molecule has 8 heteroatoms. The average Bonchev–Trinajstić information content (AvgIpc) is 3.16. The second-order valence-electron chi connectivity index (χ2n) is 6.57. The lowest BCUT2D eigenvalue weighted by atomic mass is 10.1. The Morgan fingerprint density at radius 3 is 2.68 bits per heavy atom. The van der Waals surface area contributed by atoms with Gasteiger partial charge in [-0.05, 0) is 33.0 Å². The predicted molar refractivity (Wildman–Crippen MR) is 95.6 cm³/mol. The Bertz CT molecular complexity index is 695. The first-order chi connectivity index (χ1) is 12.0. The van der Waals surface area contributed by atoms with Crippen molar-refractivity contribution in [1.82, 2.24) is 30.0 Å². The smallest absolute Gasteiger partial charge is 0.251 e. The largest absolute Gasteiger partial charge is 0.354 e. The van der Waals surface area contributed by atoms with E-state index in [1.54, 1.807) is 23.3 Å². The van der Waals surface area contributed by atoms with Crippen molar-refractivity contribution in [2.24, 2.45) is 0 Å². The molecule has 25 heavy (non-hydrogen) atoms. The van der Waals surface area contributed by atoms with Gasteiger partial charge < -0.3 is 15.1 Å². The van der Waals surface area contributed by atoms with Crippen molar-refractivity contribution in [2.75, 3.05) is 38.1 Å². The van der Waals surface area contributed by atoms with Crippen LogP contribution in [-0.2, 0) is 0 Å². The summed E-state index contributed by atoms with van der Waals surface area (Å²) in [5.41, 5.74) is 0.626. The molecule has 1 saturated heterocycles. The zero-order valence-electron chi connectivity index (χ0n) is 15.0. The number of pyridine rings is 1. The SMILES string of the molecule is C[C@H](NC(=O)c1ccnc(N2CCN(C)CC2)c1)[C@H](C)n1cncn1. The number of piperazine rings is 1. The van der Waals surface area contributed by atoms with Crippen LogP contribution in [-0.4, -0.2) is 69.8 Å². The van der Waals surface area contributed by atoms with Gasteiger partial charge in [-0.15, -0.1) is 0 Å². The topological polar surface area (TPSA) is 79.2 Å². The minimum absolute atomic E-state index is 0.0189. The maximum absolute atomic E-state index is 12.6. The molecule has 0 spiro atoms. The molecule has 3 rings (SSSR count). The Morgan fingerprint density at radius 2 is 2.00 bits per heavy atom. The van der Waals surface area contributed by atoms with E-state index in [0.29, 0.717) is 5.56 Å². The van der Waals surface area contributed by atoms with Gasteiger partial charge in [-0.2, -0.15) is 5.10 Å². The average molecular weight is 343 g/mol. The molecular weight excluding hydrogens is 318 g/mol. The van der Waals surface area contributed by atoms with Crippen LogP contribution in [0.3, 0.4) is 0 Å². The van der Waals surface area contributed by atoms with Gasteiger partial charge in [0.25, 0.3) is 5.91 Å². The fourth-order valence-electron chi connectivity index (χ4n) is 2.84. The quantitative estimate of drug-likeness (QED) is 0.865. The molecule has 1 aliphatic rings. The maximum Gasteiger partial charge on any atom is 0.251 e. The van der Waals surface area contributed by atoms with E-state index in [2.05, 4.69) is 37.2 Å². The lowest BCUT2D eigenvalue weighted by Crippen LogP contribution is -2.45.